The molecule has 2 aliphatic carbocycles. The van der Waals surface area contributed by atoms with Gasteiger partial charge in [-0.1, -0.05) is 12.5 Å². The smallest absolute Gasteiger partial charge is 0.334 e. The van der Waals surface area contributed by atoms with E-state index in [1.807, 2.05) is 6.92 Å². The SMILES string of the molecule is CCC1=CC(N=C=S)=C(C(=O)O)C(C2CC2)C1(C)C(=O)O. The maximum atomic E-state index is 11.9. The normalized spacial score (nSPS) is 28.7. The molecule has 1 fully saturated rings. The summed E-state index contributed by atoms with van der Waals surface area (Å²) in [5.41, 5.74) is -0.229. The van der Waals surface area contributed by atoms with Crippen molar-refractivity contribution in [2.75, 3.05) is 0 Å². The van der Waals surface area contributed by atoms with Gasteiger partial charge in [-0.2, -0.15) is 4.99 Å². The number of aliphatic carboxylic acids is 2. The minimum atomic E-state index is -1.20. The van der Waals surface area contributed by atoms with Crippen LogP contribution in [0.1, 0.15) is 33.1 Å². The molecule has 2 atom stereocenters. The van der Waals surface area contributed by atoms with Crippen LogP contribution in [0, 0.1) is 17.3 Å². The fraction of sp³-hybridized carbons (Fsp3) is 0.533. The van der Waals surface area contributed by atoms with E-state index in [0.717, 1.165) is 12.8 Å². The Hall–Kier alpha value is -1.78. The predicted molar refractivity (Wildman–Crippen MR) is 80.0 cm³/mol. The molecule has 0 radical (unpaired) electrons. The van der Waals surface area contributed by atoms with Crippen LogP contribution in [-0.2, 0) is 9.59 Å². The van der Waals surface area contributed by atoms with E-state index in [4.69, 9.17) is 0 Å². The van der Waals surface area contributed by atoms with Crippen LogP contribution in [0.2, 0.25) is 0 Å². The number of hydrogen-bond donors (Lipinski definition) is 2. The number of thiocarbonyl (C=S) groups is 1. The summed E-state index contributed by atoms with van der Waals surface area (Å²) >= 11 is 4.59. The van der Waals surface area contributed by atoms with Gasteiger partial charge in [0, 0.05) is 5.92 Å². The summed E-state index contributed by atoms with van der Waals surface area (Å²) in [5, 5.41) is 21.5. The van der Waals surface area contributed by atoms with E-state index in [9.17, 15) is 19.8 Å². The molecule has 2 aliphatic rings. The molecule has 2 rings (SSSR count). The van der Waals surface area contributed by atoms with Gasteiger partial charge >= 0.3 is 11.9 Å². The molecule has 0 aliphatic heterocycles. The Labute approximate surface area is 128 Å². The number of allylic oxidation sites excluding steroid dienone is 1. The number of rotatable bonds is 5. The van der Waals surface area contributed by atoms with Crippen LogP contribution in [0.4, 0.5) is 0 Å². The first-order chi connectivity index (χ1) is 9.87. The van der Waals surface area contributed by atoms with Crippen molar-refractivity contribution in [3.8, 4) is 0 Å². The molecule has 112 valence electrons. The van der Waals surface area contributed by atoms with Gasteiger partial charge < -0.3 is 10.2 Å². The van der Waals surface area contributed by atoms with Crippen LogP contribution in [0.3, 0.4) is 0 Å². The Morgan fingerprint density at radius 3 is 2.48 bits per heavy atom. The van der Waals surface area contributed by atoms with Crippen LogP contribution >= 0.6 is 12.2 Å². The number of carbonyl (C=O) groups is 2. The molecule has 0 amide bonds. The van der Waals surface area contributed by atoms with Crippen molar-refractivity contribution in [2.45, 2.75) is 33.1 Å². The summed E-state index contributed by atoms with van der Waals surface area (Å²) < 4.78 is 0. The van der Waals surface area contributed by atoms with Gasteiger partial charge in [0.25, 0.3) is 0 Å². The number of carboxylic acids is 2. The van der Waals surface area contributed by atoms with Crippen molar-refractivity contribution >= 4 is 29.3 Å². The molecule has 0 spiro atoms. The minimum Gasteiger partial charge on any atom is -0.481 e. The predicted octanol–water partition coefficient (Wildman–Crippen LogP) is 2.90. The maximum absolute atomic E-state index is 11.9. The Kier molecular flexibility index (Phi) is 4.12. The highest BCUT2D eigenvalue weighted by molar-refractivity contribution is 7.78. The summed E-state index contributed by atoms with van der Waals surface area (Å²) in [7, 11) is 0. The van der Waals surface area contributed by atoms with E-state index >= 15 is 0 Å². The highest BCUT2D eigenvalue weighted by Crippen LogP contribution is 2.56. The number of aliphatic imine (C=N–C) groups is 1. The molecule has 0 aromatic heterocycles. The lowest BCUT2D eigenvalue weighted by atomic mass is 9.62. The molecule has 1 saturated carbocycles. The van der Waals surface area contributed by atoms with Crippen molar-refractivity contribution in [1.29, 1.82) is 0 Å². The quantitative estimate of drug-likeness (QED) is 0.602. The van der Waals surface area contributed by atoms with Gasteiger partial charge in [-0.15, -0.1) is 0 Å². The molecular weight excluding hydrogens is 290 g/mol. The highest BCUT2D eigenvalue weighted by Gasteiger charge is 2.55. The first-order valence-corrected chi connectivity index (χ1v) is 7.28. The van der Waals surface area contributed by atoms with Gasteiger partial charge in [0.1, 0.15) is 0 Å². The molecule has 0 aromatic rings. The molecule has 0 bridgehead atoms. The second-order valence-electron chi connectivity index (χ2n) is 5.65. The molecule has 6 heteroatoms. The van der Waals surface area contributed by atoms with E-state index in [0.29, 0.717) is 12.0 Å². The highest BCUT2D eigenvalue weighted by atomic mass is 32.1. The van der Waals surface area contributed by atoms with Gasteiger partial charge in [0.05, 0.1) is 21.8 Å². The van der Waals surface area contributed by atoms with Crippen LogP contribution in [0.5, 0.6) is 0 Å². The third-order valence-electron chi connectivity index (χ3n) is 4.50. The van der Waals surface area contributed by atoms with Gasteiger partial charge in [-0.05, 0) is 50.4 Å². The first kappa shape index (κ1) is 15.6. The van der Waals surface area contributed by atoms with E-state index < -0.39 is 23.3 Å². The molecule has 5 nitrogen and oxygen atoms in total. The van der Waals surface area contributed by atoms with Crippen LogP contribution in [0.15, 0.2) is 27.9 Å². The van der Waals surface area contributed by atoms with Crippen molar-refractivity contribution < 1.29 is 19.8 Å². The molecular formula is C15H17NO4S. The first-order valence-electron chi connectivity index (χ1n) is 6.87. The number of carboxylic acid groups (broad SMARTS) is 2. The zero-order valence-electron chi connectivity index (χ0n) is 11.9. The molecule has 0 aromatic carbocycles. The standard InChI is InChI=1S/C15H17NO4S/c1-3-9-6-10(16-7-21)11(13(17)18)12(8-4-5-8)15(9,2)14(19)20/h6,8,12H,3-5H2,1-2H3,(H,17,18)(H,19,20). The Morgan fingerprint density at radius 1 is 1.48 bits per heavy atom. The number of isothiocyanates is 1. The lowest BCUT2D eigenvalue weighted by Crippen LogP contribution is -2.43. The molecule has 0 heterocycles. The number of nitrogens with zero attached hydrogens (tertiary/aromatic N) is 1. The van der Waals surface area contributed by atoms with E-state index in [2.05, 4.69) is 22.4 Å². The van der Waals surface area contributed by atoms with Crippen molar-refractivity contribution in [3.63, 3.8) is 0 Å². The van der Waals surface area contributed by atoms with Gasteiger partial charge in [0.2, 0.25) is 0 Å². The summed E-state index contributed by atoms with van der Waals surface area (Å²) in [6.07, 6.45) is 3.76. The third kappa shape index (κ3) is 2.45. The van der Waals surface area contributed by atoms with Crippen molar-refractivity contribution in [2.24, 2.45) is 22.2 Å². The van der Waals surface area contributed by atoms with Crippen molar-refractivity contribution in [1.82, 2.24) is 0 Å². The average molecular weight is 307 g/mol. The fourth-order valence-corrected chi connectivity index (χ4v) is 3.40. The molecule has 2 N–H and O–H groups in total. The summed E-state index contributed by atoms with van der Waals surface area (Å²) in [4.78, 5) is 27.4. The summed E-state index contributed by atoms with van der Waals surface area (Å²) in [6.45, 7) is 3.48. The zero-order valence-corrected chi connectivity index (χ0v) is 12.7. The van der Waals surface area contributed by atoms with Crippen LogP contribution in [-0.4, -0.2) is 27.3 Å². The molecule has 21 heavy (non-hydrogen) atoms. The zero-order chi connectivity index (χ0) is 15.8. The van der Waals surface area contributed by atoms with Crippen LogP contribution < -0.4 is 0 Å². The van der Waals surface area contributed by atoms with Gasteiger partial charge in [-0.3, -0.25) is 4.79 Å². The third-order valence-corrected chi connectivity index (χ3v) is 4.59. The number of hydrogen-bond acceptors (Lipinski definition) is 4. The Bertz CT molecular complexity index is 611. The summed E-state index contributed by atoms with van der Waals surface area (Å²) in [5.74, 6) is -2.62. The van der Waals surface area contributed by atoms with Crippen LogP contribution in [0.25, 0.3) is 0 Å². The monoisotopic (exact) mass is 307 g/mol. The second kappa shape index (κ2) is 5.54. The largest absolute Gasteiger partial charge is 0.481 e. The minimum absolute atomic E-state index is 0.0527. The Morgan fingerprint density at radius 2 is 2.10 bits per heavy atom. The molecule has 2 unspecified atom stereocenters. The summed E-state index contributed by atoms with van der Waals surface area (Å²) in [6, 6.07) is 0. The van der Waals surface area contributed by atoms with Crippen molar-refractivity contribution in [3.05, 3.63) is 22.9 Å². The lowest BCUT2D eigenvalue weighted by molar-refractivity contribution is -0.149. The second-order valence-corrected chi connectivity index (χ2v) is 5.84. The lowest BCUT2D eigenvalue weighted by Gasteiger charge is -2.39. The van der Waals surface area contributed by atoms with Gasteiger partial charge in [0.15, 0.2) is 0 Å². The van der Waals surface area contributed by atoms with Gasteiger partial charge in [-0.25, -0.2) is 4.79 Å². The fourth-order valence-electron chi connectivity index (χ4n) is 3.30. The Balaban J connectivity index is 2.73. The van der Waals surface area contributed by atoms with E-state index in [1.54, 1.807) is 13.0 Å². The topological polar surface area (TPSA) is 87.0 Å². The molecule has 0 saturated heterocycles. The average Bonchev–Trinajstić information content (AvgIpc) is 3.23. The van der Waals surface area contributed by atoms with E-state index in [1.165, 1.54) is 0 Å². The van der Waals surface area contributed by atoms with E-state index in [-0.39, 0.29) is 17.2 Å². The maximum Gasteiger partial charge on any atom is 0.334 e.